The Morgan fingerprint density at radius 1 is 1.21 bits per heavy atom. The number of aromatic nitrogens is 2. The summed E-state index contributed by atoms with van der Waals surface area (Å²) >= 11 is 0. The van der Waals surface area contributed by atoms with Gasteiger partial charge in [-0.15, -0.1) is 0 Å². The molecular formula is C21H16F4N2O2. The predicted octanol–water partition coefficient (Wildman–Crippen LogP) is 4.63. The molecule has 3 rings (SSSR count). The Morgan fingerprint density at radius 2 is 1.93 bits per heavy atom. The molecule has 4 nitrogen and oxygen atoms in total. The smallest absolute Gasteiger partial charge is 0.299 e. The van der Waals surface area contributed by atoms with Gasteiger partial charge in [0.1, 0.15) is 17.9 Å². The number of aldehydes is 1. The van der Waals surface area contributed by atoms with E-state index >= 15 is 0 Å². The molecule has 0 spiro atoms. The number of carbonyl (C=O) groups is 1. The van der Waals surface area contributed by atoms with Crippen molar-refractivity contribution in [1.29, 1.82) is 0 Å². The molecule has 0 amide bonds. The van der Waals surface area contributed by atoms with Gasteiger partial charge in [0.25, 0.3) is 5.56 Å². The van der Waals surface area contributed by atoms with Crippen molar-refractivity contribution in [1.82, 2.24) is 9.55 Å². The van der Waals surface area contributed by atoms with Gasteiger partial charge < -0.3 is 0 Å². The number of nitrogens with zero attached hydrogens (tertiary/aromatic N) is 2. The van der Waals surface area contributed by atoms with Crippen LogP contribution in [0.2, 0.25) is 0 Å². The highest BCUT2D eigenvalue weighted by molar-refractivity contribution is 5.83. The standard InChI is InChI=1S/C21H16F4N2O2/c1-3-19-26-17-11-16(22)13(6-5-9-28)10-14(17)20(29)27(19)18-8-4-7-15(12(18)2)21(23,24)25/h4-11H,3H2,1-2H3/b6-5+. The number of halogens is 4. The fourth-order valence-corrected chi connectivity index (χ4v) is 3.20. The highest BCUT2D eigenvalue weighted by atomic mass is 19.4. The topological polar surface area (TPSA) is 52.0 Å². The molecule has 2 aromatic carbocycles. The first kappa shape index (κ1) is 20.4. The average Bonchev–Trinajstić information content (AvgIpc) is 2.66. The number of hydrogen-bond acceptors (Lipinski definition) is 3. The van der Waals surface area contributed by atoms with Crippen molar-refractivity contribution in [2.24, 2.45) is 0 Å². The SMILES string of the molecule is CCc1nc2cc(F)c(/C=C/C=O)cc2c(=O)n1-c1cccc(C(F)(F)F)c1C. The second kappa shape index (κ2) is 7.62. The number of carbonyl (C=O) groups excluding carboxylic acids is 1. The molecule has 0 atom stereocenters. The van der Waals surface area contributed by atoms with E-state index in [0.29, 0.717) is 6.29 Å². The van der Waals surface area contributed by atoms with E-state index in [2.05, 4.69) is 4.98 Å². The molecular weight excluding hydrogens is 388 g/mol. The molecule has 0 aliphatic rings. The lowest BCUT2D eigenvalue weighted by atomic mass is 10.1. The van der Waals surface area contributed by atoms with Crippen molar-refractivity contribution < 1.29 is 22.4 Å². The fourth-order valence-electron chi connectivity index (χ4n) is 3.20. The molecule has 29 heavy (non-hydrogen) atoms. The third-order valence-electron chi connectivity index (χ3n) is 4.58. The molecule has 8 heteroatoms. The maximum atomic E-state index is 14.2. The van der Waals surface area contributed by atoms with Gasteiger partial charge in [0.15, 0.2) is 0 Å². The van der Waals surface area contributed by atoms with Gasteiger partial charge in [-0.1, -0.05) is 13.0 Å². The van der Waals surface area contributed by atoms with E-state index in [-0.39, 0.29) is 40.0 Å². The van der Waals surface area contributed by atoms with Crippen LogP contribution in [0.4, 0.5) is 17.6 Å². The van der Waals surface area contributed by atoms with Crippen LogP contribution in [0.25, 0.3) is 22.7 Å². The Morgan fingerprint density at radius 3 is 2.55 bits per heavy atom. The summed E-state index contributed by atoms with van der Waals surface area (Å²) in [6.45, 7) is 2.99. The zero-order chi connectivity index (χ0) is 21.3. The summed E-state index contributed by atoms with van der Waals surface area (Å²) in [7, 11) is 0. The molecule has 0 radical (unpaired) electrons. The number of fused-ring (bicyclic) bond motifs is 1. The Kier molecular flexibility index (Phi) is 5.37. The maximum Gasteiger partial charge on any atom is 0.416 e. The molecule has 1 aromatic heterocycles. The van der Waals surface area contributed by atoms with E-state index in [0.717, 1.165) is 22.8 Å². The summed E-state index contributed by atoms with van der Waals surface area (Å²) in [4.78, 5) is 28.0. The van der Waals surface area contributed by atoms with E-state index in [1.165, 1.54) is 31.2 Å². The Balaban J connectivity index is 2.38. The second-order valence-corrected chi connectivity index (χ2v) is 6.36. The zero-order valence-electron chi connectivity index (χ0n) is 15.5. The molecule has 0 aliphatic carbocycles. The molecule has 0 bridgehead atoms. The van der Waals surface area contributed by atoms with Crippen LogP contribution in [0.5, 0.6) is 0 Å². The van der Waals surface area contributed by atoms with Gasteiger partial charge in [-0.25, -0.2) is 9.37 Å². The lowest BCUT2D eigenvalue weighted by Crippen LogP contribution is -2.25. The molecule has 150 valence electrons. The van der Waals surface area contributed by atoms with Gasteiger partial charge in [-0.2, -0.15) is 13.2 Å². The average molecular weight is 404 g/mol. The van der Waals surface area contributed by atoms with Crippen LogP contribution in [0.15, 0.2) is 41.2 Å². The van der Waals surface area contributed by atoms with Crippen molar-refractivity contribution >= 4 is 23.3 Å². The molecule has 1 heterocycles. The van der Waals surface area contributed by atoms with Gasteiger partial charge in [0.2, 0.25) is 0 Å². The molecule has 0 saturated heterocycles. The van der Waals surface area contributed by atoms with Crippen molar-refractivity contribution in [3.05, 3.63) is 75.1 Å². The maximum absolute atomic E-state index is 14.2. The van der Waals surface area contributed by atoms with Gasteiger partial charge >= 0.3 is 6.18 Å². The number of rotatable bonds is 4. The lowest BCUT2D eigenvalue weighted by molar-refractivity contribution is -0.138. The van der Waals surface area contributed by atoms with Crippen LogP contribution in [0, 0.1) is 12.7 Å². The summed E-state index contributed by atoms with van der Waals surface area (Å²) in [5, 5.41) is 0.0333. The Hall–Kier alpha value is -3.29. The van der Waals surface area contributed by atoms with Crippen LogP contribution >= 0.6 is 0 Å². The van der Waals surface area contributed by atoms with Crippen molar-refractivity contribution in [3.8, 4) is 5.69 Å². The minimum atomic E-state index is -4.57. The highest BCUT2D eigenvalue weighted by Gasteiger charge is 2.33. The second-order valence-electron chi connectivity index (χ2n) is 6.36. The molecule has 3 aromatic rings. The van der Waals surface area contributed by atoms with Crippen LogP contribution in [-0.2, 0) is 17.4 Å². The first-order chi connectivity index (χ1) is 13.7. The van der Waals surface area contributed by atoms with E-state index < -0.39 is 23.1 Å². The van der Waals surface area contributed by atoms with Gasteiger partial charge in [0.05, 0.1) is 22.2 Å². The first-order valence-corrected chi connectivity index (χ1v) is 8.73. The summed E-state index contributed by atoms with van der Waals surface area (Å²) < 4.78 is 55.3. The fraction of sp³-hybridized carbons (Fsp3) is 0.190. The first-order valence-electron chi connectivity index (χ1n) is 8.73. The third kappa shape index (κ3) is 3.70. The normalized spacial score (nSPS) is 12.1. The predicted molar refractivity (Wildman–Crippen MR) is 102 cm³/mol. The number of aryl methyl sites for hydroxylation is 1. The number of benzene rings is 2. The summed E-state index contributed by atoms with van der Waals surface area (Å²) in [5.74, 6) is -0.460. The van der Waals surface area contributed by atoms with Crippen LogP contribution in [0.1, 0.15) is 29.4 Å². The molecule has 0 aliphatic heterocycles. The van der Waals surface area contributed by atoms with Gasteiger partial charge in [0, 0.05) is 18.1 Å². The molecule has 0 saturated carbocycles. The van der Waals surface area contributed by atoms with E-state index in [4.69, 9.17) is 0 Å². The third-order valence-corrected chi connectivity index (χ3v) is 4.58. The monoisotopic (exact) mass is 404 g/mol. The van der Waals surface area contributed by atoms with Crippen LogP contribution in [0.3, 0.4) is 0 Å². The zero-order valence-corrected chi connectivity index (χ0v) is 15.5. The number of alkyl halides is 3. The summed E-state index contributed by atoms with van der Waals surface area (Å²) in [5.41, 5.74) is -1.42. The minimum Gasteiger partial charge on any atom is -0.299 e. The largest absolute Gasteiger partial charge is 0.416 e. The van der Waals surface area contributed by atoms with E-state index in [9.17, 15) is 27.2 Å². The van der Waals surface area contributed by atoms with Crippen molar-refractivity contribution in [2.45, 2.75) is 26.4 Å². The minimum absolute atomic E-state index is 0.0000580. The van der Waals surface area contributed by atoms with Crippen molar-refractivity contribution in [2.75, 3.05) is 0 Å². The molecule has 0 N–H and O–H groups in total. The van der Waals surface area contributed by atoms with E-state index in [1.54, 1.807) is 6.92 Å². The summed E-state index contributed by atoms with van der Waals surface area (Å²) in [6, 6.07) is 5.89. The lowest BCUT2D eigenvalue weighted by Gasteiger charge is -2.18. The summed E-state index contributed by atoms with van der Waals surface area (Å²) in [6.07, 6.45) is -1.58. The quantitative estimate of drug-likeness (QED) is 0.362. The van der Waals surface area contributed by atoms with Gasteiger partial charge in [-0.3, -0.25) is 14.2 Å². The molecule has 0 unspecified atom stereocenters. The number of allylic oxidation sites excluding steroid dienone is 1. The van der Waals surface area contributed by atoms with Crippen molar-refractivity contribution in [3.63, 3.8) is 0 Å². The molecule has 0 fully saturated rings. The number of hydrogen-bond donors (Lipinski definition) is 0. The van der Waals surface area contributed by atoms with E-state index in [1.807, 2.05) is 0 Å². The van der Waals surface area contributed by atoms with Gasteiger partial charge in [-0.05, 0) is 42.8 Å². The van der Waals surface area contributed by atoms with Crippen LogP contribution in [-0.4, -0.2) is 15.8 Å². The Labute approximate surface area is 163 Å². The Bertz CT molecular complexity index is 1190. The van der Waals surface area contributed by atoms with Crippen LogP contribution < -0.4 is 5.56 Å². The highest BCUT2D eigenvalue weighted by Crippen LogP contribution is 2.34.